The number of anilines is 1. The van der Waals surface area contributed by atoms with Crippen molar-refractivity contribution in [3.8, 4) is 11.4 Å². The molecule has 1 heterocycles. The molecule has 0 atom stereocenters. The molecule has 0 saturated heterocycles. The number of amides is 2. The second kappa shape index (κ2) is 7.74. The van der Waals surface area contributed by atoms with E-state index in [0.717, 1.165) is 17.1 Å². The molecule has 2 amide bonds. The van der Waals surface area contributed by atoms with E-state index in [1.54, 1.807) is 24.3 Å². The zero-order valence-corrected chi connectivity index (χ0v) is 15.1. The summed E-state index contributed by atoms with van der Waals surface area (Å²) in [6.45, 7) is 3.71. The van der Waals surface area contributed by atoms with Crippen LogP contribution in [0.4, 0.5) is 5.69 Å². The molecule has 3 N–H and O–H groups in total. The van der Waals surface area contributed by atoms with Gasteiger partial charge in [-0.1, -0.05) is 6.07 Å². The van der Waals surface area contributed by atoms with Gasteiger partial charge in [-0.2, -0.15) is 5.10 Å². The first-order valence-corrected chi connectivity index (χ1v) is 8.38. The van der Waals surface area contributed by atoms with Crippen molar-refractivity contribution >= 4 is 17.5 Å². The molecule has 3 rings (SSSR count). The van der Waals surface area contributed by atoms with Crippen LogP contribution in [-0.4, -0.2) is 28.2 Å². The van der Waals surface area contributed by atoms with E-state index in [4.69, 9.17) is 10.5 Å². The Balaban J connectivity index is 1.72. The van der Waals surface area contributed by atoms with E-state index in [-0.39, 0.29) is 12.5 Å². The maximum Gasteiger partial charge on any atom is 0.255 e. The molecule has 7 heteroatoms. The lowest BCUT2D eigenvalue weighted by Gasteiger charge is -2.09. The van der Waals surface area contributed by atoms with Gasteiger partial charge >= 0.3 is 0 Å². The summed E-state index contributed by atoms with van der Waals surface area (Å²) < 4.78 is 7.01. The molecule has 2 aromatic carbocycles. The van der Waals surface area contributed by atoms with Gasteiger partial charge in [-0.3, -0.25) is 9.59 Å². The summed E-state index contributed by atoms with van der Waals surface area (Å²) in [5, 5.41) is 7.32. The summed E-state index contributed by atoms with van der Waals surface area (Å²) in [6, 6.07) is 15.9. The van der Waals surface area contributed by atoms with Gasteiger partial charge in [0.05, 0.1) is 11.4 Å². The average Bonchev–Trinajstić information content (AvgIpc) is 2.99. The van der Waals surface area contributed by atoms with Crippen LogP contribution in [0.15, 0.2) is 54.6 Å². The van der Waals surface area contributed by atoms with Crippen molar-refractivity contribution < 1.29 is 14.3 Å². The number of ether oxygens (including phenoxy) is 1. The second-order valence-corrected chi connectivity index (χ2v) is 6.12. The third-order valence-electron chi connectivity index (χ3n) is 3.86. The van der Waals surface area contributed by atoms with Crippen LogP contribution in [-0.2, 0) is 4.79 Å². The number of nitrogens with two attached hydrogens (primary N) is 1. The van der Waals surface area contributed by atoms with E-state index >= 15 is 0 Å². The third-order valence-corrected chi connectivity index (χ3v) is 3.86. The molecule has 0 unspecified atom stereocenters. The van der Waals surface area contributed by atoms with E-state index in [1.807, 2.05) is 48.9 Å². The molecule has 7 nitrogen and oxygen atoms in total. The Hall–Kier alpha value is -3.61. The van der Waals surface area contributed by atoms with Crippen LogP contribution >= 0.6 is 0 Å². The Kier molecular flexibility index (Phi) is 5.21. The molecule has 0 radical (unpaired) electrons. The van der Waals surface area contributed by atoms with Crippen molar-refractivity contribution in [3.63, 3.8) is 0 Å². The highest BCUT2D eigenvalue weighted by Gasteiger charge is 2.09. The molecule has 138 valence electrons. The van der Waals surface area contributed by atoms with Gasteiger partial charge in [0.25, 0.3) is 11.8 Å². The van der Waals surface area contributed by atoms with Gasteiger partial charge in [-0.15, -0.1) is 0 Å². The minimum atomic E-state index is -0.556. The number of primary amides is 1. The highest BCUT2D eigenvalue weighted by atomic mass is 16.5. The van der Waals surface area contributed by atoms with Crippen molar-refractivity contribution in [2.45, 2.75) is 13.8 Å². The average molecular weight is 364 g/mol. The Morgan fingerprint density at radius 2 is 1.85 bits per heavy atom. The highest BCUT2D eigenvalue weighted by molar-refractivity contribution is 6.04. The van der Waals surface area contributed by atoms with Crippen LogP contribution in [0.3, 0.4) is 0 Å². The summed E-state index contributed by atoms with van der Waals surface area (Å²) in [4.78, 5) is 23.2. The third kappa shape index (κ3) is 4.52. The Morgan fingerprint density at radius 1 is 1.11 bits per heavy atom. The van der Waals surface area contributed by atoms with Gasteiger partial charge < -0.3 is 15.8 Å². The molecular weight excluding hydrogens is 344 g/mol. The Labute approximate surface area is 156 Å². The van der Waals surface area contributed by atoms with Crippen LogP contribution in [0.1, 0.15) is 21.7 Å². The second-order valence-electron chi connectivity index (χ2n) is 6.12. The molecule has 0 bridgehead atoms. The molecule has 0 aliphatic heterocycles. The molecule has 0 fully saturated rings. The summed E-state index contributed by atoms with van der Waals surface area (Å²) in [5.74, 6) is -0.335. The van der Waals surface area contributed by atoms with E-state index in [2.05, 4.69) is 10.4 Å². The van der Waals surface area contributed by atoms with Gasteiger partial charge in [0.2, 0.25) is 0 Å². The molecule has 0 spiro atoms. The summed E-state index contributed by atoms with van der Waals surface area (Å²) in [7, 11) is 0. The molecule has 3 aromatic rings. The molecular formula is C20H20N4O3. The number of carbonyl (C=O) groups is 2. The fourth-order valence-corrected chi connectivity index (χ4v) is 2.67. The first kappa shape index (κ1) is 18.2. The molecule has 27 heavy (non-hydrogen) atoms. The fourth-order valence-electron chi connectivity index (χ4n) is 2.67. The van der Waals surface area contributed by atoms with Crippen LogP contribution < -0.4 is 15.8 Å². The Bertz CT molecular complexity index is 977. The number of hydrogen-bond acceptors (Lipinski definition) is 4. The number of hydrogen-bond donors (Lipinski definition) is 2. The minimum absolute atomic E-state index is 0.204. The monoisotopic (exact) mass is 364 g/mol. The van der Waals surface area contributed by atoms with E-state index in [0.29, 0.717) is 17.0 Å². The molecule has 0 saturated carbocycles. The van der Waals surface area contributed by atoms with E-state index < -0.39 is 5.91 Å². The number of nitrogens with zero attached hydrogens (tertiary/aromatic N) is 2. The molecule has 0 aliphatic carbocycles. The predicted octanol–water partition coefficient (Wildman–Crippen LogP) is 2.61. The van der Waals surface area contributed by atoms with Crippen molar-refractivity contribution in [2.75, 3.05) is 11.9 Å². The van der Waals surface area contributed by atoms with E-state index in [1.165, 1.54) is 0 Å². The number of rotatable bonds is 6. The summed E-state index contributed by atoms with van der Waals surface area (Å²) in [5.41, 5.74) is 8.99. The minimum Gasteiger partial charge on any atom is -0.484 e. The van der Waals surface area contributed by atoms with Crippen LogP contribution in [0.2, 0.25) is 0 Å². The quantitative estimate of drug-likeness (QED) is 0.702. The summed E-state index contributed by atoms with van der Waals surface area (Å²) in [6.07, 6.45) is 0. The van der Waals surface area contributed by atoms with Gasteiger partial charge in [0.1, 0.15) is 5.75 Å². The number of aromatic nitrogens is 2. The van der Waals surface area contributed by atoms with Crippen molar-refractivity contribution in [2.24, 2.45) is 5.73 Å². The number of carbonyl (C=O) groups excluding carboxylic acids is 2. The predicted molar refractivity (Wildman–Crippen MR) is 102 cm³/mol. The zero-order chi connectivity index (χ0) is 19.4. The standard InChI is InChI=1S/C20H20N4O3/c1-13-10-14(2)24(23-13)17-5-3-4-16(11-17)22-20(26)15-6-8-18(9-7-15)27-12-19(21)25/h3-11H,12H2,1-2H3,(H2,21,25)(H,22,26). The number of nitrogens with one attached hydrogen (secondary N) is 1. The lowest BCUT2D eigenvalue weighted by Crippen LogP contribution is -2.20. The maximum atomic E-state index is 12.5. The molecule has 1 aromatic heterocycles. The van der Waals surface area contributed by atoms with E-state index in [9.17, 15) is 9.59 Å². The number of aryl methyl sites for hydroxylation is 2. The molecule has 0 aliphatic rings. The first-order valence-electron chi connectivity index (χ1n) is 8.38. The largest absolute Gasteiger partial charge is 0.484 e. The Morgan fingerprint density at radius 3 is 2.48 bits per heavy atom. The maximum absolute atomic E-state index is 12.5. The SMILES string of the molecule is Cc1cc(C)n(-c2cccc(NC(=O)c3ccc(OCC(N)=O)cc3)c2)n1. The lowest BCUT2D eigenvalue weighted by molar-refractivity contribution is -0.119. The highest BCUT2D eigenvalue weighted by Crippen LogP contribution is 2.18. The fraction of sp³-hybridized carbons (Fsp3) is 0.150. The van der Waals surface area contributed by atoms with Gasteiger partial charge in [0, 0.05) is 16.9 Å². The lowest BCUT2D eigenvalue weighted by atomic mass is 10.2. The van der Waals surface area contributed by atoms with Crippen molar-refractivity contribution in [1.82, 2.24) is 9.78 Å². The van der Waals surface area contributed by atoms with Crippen molar-refractivity contribution in [3.05, 3.63) is 71.5 Å². The first-order chi connectivity index (χ1) is 12.9. The smallest absolute Gasteiger partial charge is 0.255 e. The van der Waals surface area contributed by atoms with Crippen LogP contribution in [0, 0.1) is 13.8 Å². The normalized spacial score (nSPS) is 10.4. The van der Waals surface area contributed by atoms with Crippen molar-refractivity contribution in [1.29, 1.82) is 0 Å². The van der Waals surface area contributed by atoms with Gasteiger partial charge in [0.15, 0.2) is 6.61 Å². The van der Waals surface area contributed by atoms with Crippen LogP contribution in [0.5, 0.6) is 5.75 Å². The van der Waals surface area contributed by atoms with Gasteiger partial charge in [-0.25, -0.2) is 4.68 Å². The topological polar surface area (TPSA) is 99.2 Å². The zero-order valence-electron chi connectivity index (χ0n) is 15.1. The van der Waals surface area contributed by atoms with Gasteiger partial charge in [-0.05, 0) is 62.4 Å². The number of benzene rings is 2. The van der Waals surface area contributed by atoms with Crippen LogP contribution in [0.25, 0.3) is 5.69 Å². The summed E-state index contributed by atoms with van der Waals surface area (Å²) >= 11 is 0.